The molecule has 1 aliphatic heterocycles. The van der Waals surface area contributed by atoms with E-state index in [0.717, 1.165) is 24.1 Å². The molecular formula is C32H30FN3O5S. The molecule has 2 aromatic carbocycles. The number of halogens is 1. The zero-order chi connectivity index (χ0) is 29.6. The number of hydrogen-bond acceptors (Lipinski definition) is 8. The Morgan fingerprint density at radius 2 is 1.98 bits per heavy atom. The number of thiazole rings is 1. The minimum absolute atomic E-state index is 0.0133. The van der Waals surface area contributed by atoms with Crippen LogP contribution < -0.4 is 15.2 Å². The maximum atomic E-state index is 13.7. The van der Waals surface area contributed by atoms with Crippen molar-refractivity contribution < 1.29 is 28.6 Å². The summed E-state index contributed by atoms with van der Waals surface area (Å²) in [7, 11) is 0. The molecule has 1 saturated carbocycles. The molecule has 6 rings (SSSR count). The van der Waals surface area contributed by atoms with Crippen LogP contribution in [-0.4, -0.2) is 39.5 Å². The van der Waals surface area contributed by atoms with Crippen LogP contribution in [0.3, 0.4) is 0 Å². The summed E-state index contributed by atoms with van der Waals surface area (Å²) in [5, 5.41) is 13.5. The van der Waals surface area contributed by atoms with Gasteiger partial charge in [-0.25, -0.2) is 14.4 Å². The molecule has 2 atom stereocenters. The Labute approximate surface area is 246 Å². The van der Waals surface area contributed by atoms with Gasteiger partial charge in [0.25, 0.3) is 0 Å². The first-order valence-electron chi connectivity index (χ1n) is 13.7. The SMILES string of the molecule is C[C@](O)(CCC(=O)c1ccc(OC2CC2)c(-c2cscn2)c1)c1cc2c(c(-c3ccc(F)cc3)n1)OC[C@]2(C)C(N)=O. The number of amides is 1. The van der Waals surface area contributed by atoms with Gasteiger partial charge in [-0.15, -0.1) is 11.3 Å². The number of carbonyl (C=O) groups excluding carboxylic acids is 2. The molecule has 1 aliphatic carbocycles. The lowest BCUT2D eigenvalue weighted by Crippen LogP contribution is -2.40. The van der Waals surface area contributed by atoms with E-state index in [-0.39, 0.29) is 37.0 Å². The molecule has 0 bridgehead atoms. The van der Waals surface area contributed by atoms with E-state index >= 15 is 0 Å². The molecule has 1 fully saturated rings. The van der Waals surface area contributed by atoms with E-state index in [1.807, 2.05) is 5.38 Å². The average molecular weight is 588 g/mol. The highest BCUT2D eigenvalue weighted by Crippen LogP contribution is 2.46. The van der Waals surface area contributed by atoms with Crippen molar-refractivity contribution in [2.75, 3.05) is 6.61 Å². The fourth-order valence-electron chi connectivity index (χ4n) is 5.01. The fraction of sp³-hybridized carbons (Fsp3) is 0.312. The summed E-state index contributed by atoms with van der Waals surface area (Å²) in [4.78, 5) is 35.0. The van der Waals surface area contributed by atoms with Crippen molar-refractivity contribution in [3.05, 3.63) is 82.1 Å². The molecule has 3 heterocycles. The Kier molecular flexibility index (Phi) is 7.06. The predicted octanol–water partition coefficient (Wildman–Crippen LogP) is 5.56. The van der Waals surface area contributed by atoms with Crippen LogP contribution in [0.4, 0.5) is 4.39 Å². The van der Waals surface area contributed by atoms with Crippen LogP contribution in [0, 0.1) is 5.82 Å². The summed E-state index contributed by atoms with van der Waals surface area (Å²) < 4.78 is 25.6. The highest BCUT2D eigenvalue weighted by Gasteiger charge is 2.45. The van der Waals surface area contributed by atoms with Gasteiger partial charge in [0.05, 0.1) is 23.0 Å². The van der Waals surface area contributed by atoms with E-state index in [1.165, 1.54) is 23.5 Å². The van der Waals surface area contributed by atoms with Crippen LogP contribution in [0.15, 0.2) is 59.4 Å². The zero-order valence-electron chi connectivity index (χ0n) is 23.2. The lowest BCUT2D eigenvalue weighted by atomic mass is 9.81. The van der Waals surface area contributed by atoms with Gasteiger partial charge in [-0.2, -0.15) is 0 Å². The van der Waals surface area contributed by atoms with Crippen LogP contribution >= 0.6 is 11.3 Å². The van der Waals surface area contributed by atoms with Crippen molar-refractivity contribution in [2.45, 2.75) is 56.7 Å². The Hall–Kier alpha value is -4.15. The smallest absolute Gasteiger partial charge is 0.231 e. The van der Waals surface area contributed by atoms with E-state index in [0.29, 0.717) is 33.9 Å². The average Bonchev–Trinajstić information content (AvgIpc) is 3.48. The minimum atomic E-state index is -1.55. The number of fused-ring (bicyclic) bond motifs is 1. The molecule has 42 heavy (non-hydrogen) atoms. The van der Waals surface area contributed by atoms with Gasteiger partial charge in [-0.05, 0) is 81.6 Å². The van der Waals surface area contributed by atoms with Crippen molar-refractivity contribution in [1.82, 2.24) is 9.97 Å². The molecule has 8 nitrogen and oxygen atoms in total. The molecule has 0 unspecified atom stereocenters. The molecule has 1 amide bonds. The quantitative estimate of drug-likeness (QED) is 0.233. The molecular weight excluding hydrogens is 557 g/mol. The third-order valence-corrected chi connectivity index (χ3v) is 8.54. The van der Waals surface area contributed by atoms with E-state index in [2.05, 4.69) is 4.98 Å². The fourth-order valence-corrected chi connectivity index (χ4v) is 5.57. The third-order valence-electron chi connectivity index (χ3n) is 7.95. The van der Waals surface area contributed by atoms with Crippen LogP contribution in [0.2, 0.25) is 0 Å². The molecule has 2 aromatic heterocycles. The second kappa shape index (κ2) is 10.6. The van der Waals surface area contributed by atoms with Gasteiger partial charge >= 0.3 is 0 Å². The molecule has 0 spiro atoms. The van der Waals surface area contributed by atoms with Crippen LogP contribution in [-0.2, 0) is 15.8 Å². The number of rotatable bonds is 10. The standard InChI is InChI=1S/C32H30FN3O5S/c1-31(30(34)38)16-40-29-23(31)14-27(36-28(29)18-3-6-20(33)7-4-18)32(2,39)12-11-25(37)19-5-10-26(41-21-8-9-21)22(13-19)24-15-42-17-35-24/h3-7,10,13-15,17,21,39H,8-9,11-12,16H2,1-2H3,(H2,34,38)/t31-,32-/m0/s1. The summed E-state index contributed by atoms with van der Waals surface area (Å²) in [6.45, 7) is 3.27. The number of aromatic nitrogens is 2. The topological polar surface area (TPSA) is 125 Å². The number of benzene rings is 2. The normalized spacial score (nSPS) is 19.0. The van der Waals surface area contributed by atoms with Gasteiger partial charge in [0.15, 0.2) is 5.78 Å². The summed E-state index contributed by atoms with van der Waals surface area (Å²) in [5.74, 6) is -0.0905. The van der Waals surface area contributed by atoms with Crippen LogP contribution in [0.25, 0.3) is 22.5 Å². The highest BCUT2D eigenvalue weighted by atomic mass is 32.1. The monoisotopic (exact) mass is 587 g/mol. The number of nitrogens with zero attached hydrogens (tertiary/aromatic N) is 2. The number of hydrogen-bond donors (Lipinski definition) is 2. The molecule has 216 valence electrons. The molecule has 0 saturated heterocycles. The number of ketones is 1. The van der Waals surface area contributed by atoms with E-state index in [1.54, 1.807) is 55.8 Å². The van der Waals surface area contributed by atoms with Crippen molar-refractivity contribution in [3.63, 3.8) is 0 Å². The maximum absolute atomic E-state index is 13.7. The largest absolute Gasteiger partial charge is 0.490 e. The van der Waals surface area contributed by atoms with Gasteiger partial charge in [-0.3, -0.25) is 9.59 Å². The van der Waals surface area contributed by atoms with E-state index in [9.17, 15) is 19.1 Å². The molecule has 4 aromatic rings. The van der Waals surface area contributed by atoms with Crippen LogP contribution in [0.5, 0.6) is 11.5 Å². The number of carbonyl (C=O) groups is 2. The molecule has 3 N–H and O–H groups in total. The number of pyridine rings is 1. The Morgan fingerprint density at radius 1 is 1.21 bits per heavy atom. The van der Waals surface area contributed by atoms with Crippen molar-refractivity contribution >= 4 is 23.0 Å². The number of ether oxygens (including phenoxy) is 2. The summed E-state index contributed by atoms with van der Waals surface area (Å²) in [5.41, 5.74) is 8.44. The number of primary amides is 1. The summed E-state index contributed by atoms with van der Waals surface area (Å²) in [6, 6.07) is 12.7. The second-order valence-corrected chi connectivity index (χ2v) is 12.0. The van der Waals surface area contributed by atoms with Crippen LogP contribution in [0.1, 0.15) is 61.1 Å². The highest BCUT2D eigenvalue weighted by molar-refractivity contribution is 7.07. The van der Waals surface area contributed by atoms with E-state index in [4.69, 9.17) is 20.2 Å². The van der Waals surface area contributed by atoms with Crippen molar-refractivity contribution in [3.8, 4) is 34.0 Å². The van der Waals surface area contributed by atoms with E-state index < -0.39 is 22.7 Å². The minimum Gasteiger partial charge on any atom is -0.490 e. The predicted molar refractivity (Wildman–Crippen MR) is 156 cm³/mol. The van der Waals surface area contributed by atoms with Gasteiger partial charge < -0.3 is 20.3 Å². The summed E-state index contributed by atoms with van der Waals surface area (Å²) >= 11 is 1.47. The molecule has 10 heteroatoms. The third kappa shape index (κ3) is 5.28. The number of nitrogens with two attached hydrogens (primary N) is 1. The van der Waals surface area contributed by atoms with Gasteiger partial charge in [0, 0.05) is 34.1 Å². The Morgan fingerprint density at radius 3 is 2.64 bits per heavy atom. The van der Waals surface area contributed by atoms with Gasteiger partial charge in [0.1, 0.15) is 40.6 Å². The molecule has 0 radical (unpaired) electrons. The Balaban J connectivity index is 1.30. The van der Waals surface area contributed by atoms with Crippen molar-refractivity contribution in [2.24, 2.45) is 5.73 Å². The Bertz CT molecular complexity index is 1670. The van der Waals surface area contributed by atoms with Crippen molar-refractivity contribution in [1.29, 1.82) is 0 Å². The summed E-state index contributed by atoms with van der Waals surface area (Å²) in [6.07, 6.45) is 2.30. The number of aliphatic hydroxyl groups is 1. The first-order valence-corrected chi connectivity index (χ1v) is 14.7. The first kappa shape index (κ1) is 28.0. The maximum Gasteiger partial charge on any atom is 0.231 e. The van der Waals surface area contributed by atoms with Gasteiger partial charge in [0.2, 0.25) is 5.91 Å². The van der Waals surface area contributed by atoms with Gasteiger partial charge in [-0.1, -0.05) is 0 Å². The zero-order valence-corrected chi connectivity index (χ0v) is 24.0. The lowest BCUT2D eigenvalue weighted by Gasteiger charge is -2.26. The lowest BCUT2D eigenvalue weighted by molar-refractivity contribution is -0.123. The first-order chi connectivity index (χ1) is 20.0. The second-order valence-electron chi connectivity index (χ2n) is 11.3. The molecule has 2 aliphatic rings. The number of Topliss-reactive ketones (excluding diaryl/α,β-unsaturated/α-hetero) is 1.